The van der Waals surface area contributed by atoms with E-state index in [1.165, 1.54) is 0 Å². The van der Waals surface area contributed by atoms with Crippen molar-refractivity contribution in [2.75, 3.05) is 18.4 Å². The van der Waals surface area contributed by atoms with Gasteiger partial charge in [-0.25, -0.2) is 8.78 Å². The van der Waals surface area contributed by atoms with E-state index in [1.807, 2.05) is 0 Å². The molecule has 1 fully saturated rings. The summed E-state index contributed by atoms with van der Waals surface area (Å²) >= 11 is 5.75. The fourth-order valence-corrected chi connectivity index (χ4v) is 2.14. The Hall–Kier alpha value is -1.40. The number of rotatable bonds is 4. The maximum Gasteiger partial charge on any atom is 0.305 e. The Morgan fingerprint density at radius 1 is 1.50 bits per heavy atom. The van der Waals surface area contributed by atoms with E-state index in [1.54, 1.807) is 0 Å². The van der Waals surface area contributed by atoms with Gasteiger partial charge >= 0.3 is 5.97 Å². The van der Waals surface area contributed by atoms with Crippen LogP contribution in [0.25, 0.3) is 0 Å². The minimum absolute atomic E-state index is 0.0687. The Morgan fingerprint density at radius 3 is 2.61 bits per heavy atom. The Morgan fingerprint density at radius 2 is 2.17 bits per heavy atom. The van der Waals surface area contributed by atoms with E-state index < -0.39 is 23.1 Å². The minimum Gasteiger partial charge on any atom is -0.481 e. The first-order valence-electron chi connectivity index (χ1n) is 5.27. The molecule has 0 atom stereocenters. The predicted molar refractivity (Wildman–Crippen MR) is 62.8 cm³/mol. The van der Waals surface area contributed by atoms with Crippen molar-refractivity contribution in [3.05, 3.63) is 28.8 Å². The molecule has 7 heteroatoms. The molecular formula is C11H11ClF2N2O2. The first kappa shape index (κ1) is 13.0. The molecule has 1 aliphatic heterocycles. The molecule has 0 radical (unpaired) electrons. The van der Waals surface area contributed by atoms with Crippen molar-refractivity contribution in [2.45, 2.75) is 12.0 Å². The maximum atomic E-state index is 13.6. The van der Waals surface area contributed by atoms with Gasteiger partial charge in [0.15, 0.2) is 5.82 Å². The lowest BCUT2D eigenvalue weighted by molar-refractivity contribution is -0.138. The lowest BCUT2D eigenvalue weighted by atomic mass is 9.88. The number of carboxylic acid groups (broad SMARTS) is 1. The van der Waals surface area contributed by atoms with Gasteiger partial charge in [-0.2, -0.15) is 0 Å². The molecule has 1 aromatic carbocycles. The zero-order valence-electron chi connectivity index (χ0n) is 9.27. The third kappa shape index (κ3) is 2.54. The van der Waals surface area contributed by atoms with Crippen LogP contribution in [-0.2, 0) is 4.79 Å². The summed E-state index contributed by atoms with van der Waals surface area (Å²) in [5.41, 5.74) is -0.852. The van der Waals surface area contributed by atoms with Crippen LogP contribution in [-0.4, -0.2) is 29.7 Å². The van der Waals surface area contributed by atoms with Crippen molar-refractivity contribution in [2.24, 2.45) is 0 Å². The van der Waals surface area contributed by atoms with Gasteiger partial charge in [0.1, 0.15) is 5.82 Å². The number of carbonyl (C=O) groups is 1. The highest BCUT2D eigenvalue weighted by molar-refractivity contribution is 6.33. The van der Waals surface area contributed by atoms with Crippen molar-refractivity contribution in [3.63, 3.8) is 0 Å². The SMILES string of the molecule is O=C(O)CC1(Nc2c(F)cc(F)cc2Cl)CNC1. The van der Waals surface area contributed by atoms with Crippen LogP contribution in [0.1, 0.15) is 6.42 Å². The smallest absolute Gasteiger partial charge is 0.305 e. The van der Waals surface area contributed by atoms with Gasteiger partial charge < -0.3 is 15.7 Å². The highest BCUT2D eigenvalue weighted by Crippen LogP contribution is 2.31. The monoisotopic (exact) mass is 276 g/mol. The van der Waals surface area contributed by atoms with E-state index in [9.17, 15) is 13.6 Å². The van der Waals surface area contributed by atoms with Gasteiger partial charge in [-0.1, -0.05) is 11.6 Å². The molecule has 0 spiro atoms. The molecule has 0 aliphatic carbocycles. The first-order valence-corrected chi connectivity index (χ1v) is 5.65. The standard InChI is InChI=1S/C11H11ClF2N2O2/c12-7-1-6(13)2-8(14)10(7)16-11(3-9(17)18)4-15-5-11/h1-2,15-16H,3-5H2,(H,17,18). The number of carboxylic acids is 1. The molecule has 0 unspecified atom stereocenters. The van der Waals surface area contributed by atoms with Gasteiger partial charge in [0.2, 0.25) is 0 Å². The number of nitrogens with one attached hydrogen (secondary N) is 2. The summed E-state index contributed by atoms with van der Waals surface area (Å²) in [6.07, 6.45) is -0.173. The number of halogens is 3. The number of hydrogen-bond acceptors (Lipinski definition) is 3. The van der Waals surface area contributed by atoms with Crippen LogP contribution in [0.2, 0.25) is 5.02 Å². The first-order chi connectivity index (χ1) is 8.42. The Labute approximate surface area is 107 Å². The fourth-order valence-electron chi connectivity index (χ4n) is 1.90. The van der Waals surface area contributed by atoms with Gasteiger partial charge in [0.25, 0.3) is 0 Å². The highest BCUT2D eigenvalue weighted by atomic mass is 35.5. The average molecular weight is 277 g/mol. The van der Waals surface area contributed by atoms with Crippen LogP contribution in [0.4, 0.5) is 14.5 Å². The Balaban J connectivity index is 2.25. The second-order valence-electron chi connectivity index (χ2n) is 4.32. The van der Waals surface area contributed by atoms with Crippen molar-refractivity contribution in [1.82, 2.24) is 5.32 Å². The number of anilines is 1. The van der Waals surface area contributed by atoms with E-state index in [0.717, 1.165) is 6.07 Å². The molecule has 1 heterocycles. The molecule has 4 nitrogen and oxygen atoms in total. The number of aliphatic carboxylic acids is 1. The second-order valence-corrected chi connectivity index (χ2v) is 4.73. The molecule has 3 N–H and O–H groups in total. The summed E-state index contributed by atoms with van der Waals surface area (Å²) in [6.45, 7) is 0.763. The lowest BCUT2D eigenvalue weighted by Crippen LogP contribution is -2.65. The van der Waals surface area contributed by atoms with E-state index in [2.05, 4.69) is 10.6 Å². The molecule has 2 rings (SSSR count). The third-order valence-corrected chi connectivity index (χ3v) is 3.11. The van der Waals surface area contributed by atoms with Crippen molar-refractivity contribution >= 4 is 23.3 Å². The Kier molecular flexibility index (Phi) is 3.41. The molecule has 98 valence electrons. The van der Waals surface area contributed by atoms with Crippen LogP contribution in [0, 0.1) is 11.6 Å². The largest absolute Gasteiger partial charge is 0.481 e. The normalized spacial score (nSPS) is 17.1. The predicted octanol–water partition coefficient (Wildman–Crippen LogP) is 1.85. The molecule has 1 aromatic rings. The summed E-state index contributed by atoms with van der Waals surface area (Å²) in [7, 11) is 0. The molecule has 0 bridgehead atoms. The molecule has 18 heavy (non-hydrogen) atoms. The topological polar surface area (TPSA) is 61.4 Å². The molecule has 0 saturated carbocycles. The zero-order valence-corrected chi connectivity index (χ0v) is 10.0. The molecule has 1 aliphatic rings. The number of hydrogen-bond donors (Lipinski definition) is 3. The molecule has 1 saturated heterocycles. The summed E-state index contributed by atoms with van der Waals surface area (Å²) in [5.74, 6) is -2.61. The van der Waals surface area contributed by atoms with Gasteiger partial charge in [0, 0.05) is 19.2 Å². The fraction of sp³-hybridized carbons (Fsp3) is 0.364. The third-order valence-electron chi connectivity index (χ3n) is 2.81. The molecular weight excluding hydrogens is 266 g/mol. The number of benzene rings is 1. The van der Waals surface area contributed by atoms with Gasteiger partial charge in [0.05, 0.1) is 22.7 Å². The highest BCUT2D eigenvalue weighted by Gasteiger charge is 2.40. The van der Waals surface area contributed by atoms with Gasteiger partial charge in [-0.05, 0) is 6.07 Å². The molecule has 0 amide bonds. The van der Waals surface area contributed by atoms with Crippen LogP contribution in [0.5, 0.6) is 0 Å². The van der Waals surface area contributed by atoms with Crippen molar-refractivity contribution in [3.8, 4) is 0 Å². The van der Waals surface area contributed by atoms with E-state index in [-0.39, 0.29) is 17.1 Å². The summed E-state index contributed by atoms with van der Waals surface area (Å²) in [4.78, 5) is 10.8. The quantitative estimate of drug-likeness (QED) is 0.785. The van der Waals surface area contributed by atoms with Crippen LogP contribution >= 0.6 is 11.6 Å². The van der Waals surface area contributed by atoms with E-state index >= 15 is 0 Å². The van der Waals surface area contributed by atoms with Crippen LogP contribution < -0.4 is 10.6 Å². The van der Waals surface area contributed by atoms with Crippen LogP contribution in [0.15, 0.2) is 12.1 Å². The zero-order chi connectivity index (χ0) is 13.3. The summed E-state index contributed by atoms with van der Waals surface area (Å²) in [6, 6.07) is 1.68. The van der Waals surface area contributed by atoms with E-state index in [0.29, 0.717) is 19.2 Å². The minimum atomic E-state index is -0.998. The van der Waals surface area contributed by atoms with Crippen molar-refractivity contribution in [1.29, 1.82) is 0 Å². The van der Waals surface area contributed by atoms with Gasteiger partial charge in [-0.15, -0.1) is 0 Å². The van der Waals surface area contributed by atoms with E-state index in [4.69, 9.17) is 16.7 Å². The van der Waals surface area contributed by atoms with Crippen molar-refractivity contribution < 1.29 is 18.7 Å². The second kappa shape index (κ2) is 4.70. The maximum absolute atomic E-state index is 13.6. The lowest BCUT2D eigenvalue weighted by Gasteiger charge is -2.43. The Bertz CT molecular complexity index is 469. The summed E-state index contributed by atoms with van der Waals surface area (Å²) < 4.78 is 26.5. The van der Waals surface area contributed by atoms with Crippen LogP contribution in [0.3, 0.4) is 0 Å². The average Bonchev–Trinajstić information content (AvgIpc) is 2.18. The summed E-state index contributed by atoms with van der Waals surface area (Å²) in [5, 5.41) is 14.4. The molecule has 0 aromatic heterocycles. The van der Waals surface area contributed by atoms with Gasteiger partial charge in [-0.3, -0.25) is 4.79 Å².